The van der Waals surface area contributed by atoms with E-state index in [0.717, 1.165) is 28.5 Å². The summed E-state index contributed by atoms with van der Waals surface area (Å²) in [5.74, 6) is -1.24. The highest BCUT2D eigenvalue weighted by Gasteiger charge is 2.31. The number of aliphatic carboxylic acids is 1. The fourth-order valence-corrected chi connectivity index (χ4v) is 3.79. The van der Waals surface area contributed by atoms with Gasteiger partial charge in [0.2, 0.25) is 5.91 Å². The number of amides is 1. The predicted molar refractivity (Wildman–Crippen MR) is 97.8 cm³/mol. The number of thioether (sulfide) groups is 1. The van der Waals surface area contributed by atoms with Crippen molar-refractivity contribution in [3.8, 4) is 0 Å². The maximum absolute atomic E-state index is 12.2. The van der Waals surface area contributed by atoms with Gasteiger partial charge in [0.05, 0.1) is 12.4 Å². The van der Waals surface area contributed by atoms with E-state index < -0.39 is 12.0 Å². The molecule has 1 amide bonds. The molecule has 2 N–H and O–H groups in total. The predicted octanol–water partition coefficient (Wildman–Crippen LogP) is 2.93. The summed E-state index contributed by atoms with van der Waals surface area (Å²) in [7, 11) is 0. The van der Waals surface area contributed by atoms with E-state index in [9.17, 15) is 14.7 Å². The third-order valence-electron chi connectivity index (χ3n) is 4.34. The normalized spacial score (nSPS) is 18.6. The standard InChI is InChI=1S/C19H21NO4S/c21-17(20-18(19(22)23)15-6-3-9-24-11-15)12-25-16-8-7-13-4-1-2-5-14(13)10-16/h1-2,4-5,7-8,10,15,18H,3,6,9,11-12H2,(H,20,21)(H,22,23). The summed E-state index contributed by atoms with van der Waals surface area (Å²) in [5, 5.41) is 14.3. The number of ether oxygens (including phenoxy) is 1. The zero-order valence-corrected chi connectivity index (χ0v) is 14.6. The molecule has 0 aliphatic carbocycles. The lowest BCUT2D eigenvalue weighted by molar-refractivity contribution is -0.144. The zero-order chi connectivity index (χ0) is 17.6. The van der Waals surface area contributed by atoms with E-state index in [4.69, 9.17) is 4.74 Å². The molecule has 0 radical (unpaired) electrons. The Labute approximate surface area is 150 Å². The van der Waals surface area contributed by atoms with Crippen LogP contribution in [0.3, 0.4) is 0 Å². The van der Waals surface area contributed by atoms with Gasteiger partial charge in [0.1, 0.15) is 6.04 Å². The number of carbonyl (C=O) groups excluding carboxylic acids is 1. The Hall–Kier alpha value is -2.05. The van der Waals surface area contributed by atoms with Crippen molar-refractivity contribution in [3.05, 3.63) is 42.5 Å². The first-order valence-electron chi connectivity index (χ1n) is 8.35. The van der Waals surface area contributed by atoms with E-state index in [1.807, 2.05) is 42.5 Å². The van der Waals surface area contributed by atoms with Crippen molar-refractivity contribution < 1.29 is 19.4 Å². The lowest BCUT2D eigenvalue weighted by Crippen LogP contribution is -2.48. The van der Waals surface area contributed by atoms with Crippen LogP contribution >= 0.6 is 11.8 Å². The molecule has 2 aromatic rings. The molecular formula is C19H21NO4S. The minimum atomic E-state index is -1.00. The highest BCUT2D eigenvalue weighted by Crippen LogP contribution is 2.24. The van der Waals surface area contributed by atoms with Crippen molar-refractivity contribution in [3.63, 3.8) is 0 Å². The van der Waals surface area contributed by atoms with Crippen molar-refractivity contribution in [2.45, 2.75) is 23.8 Å². The first-order valence-corrected chi connectivity index (χ1v) is 9.33. The zero-order valence-electron chi connectivity index (χ0n) is 13.8. The number of fused-ring (bicyclic) bond motifs is 1. The molecule has 0 saturated carbocycles. The van der Waals surface area contributed by atoms with Crippen LogP contribution in [0.15, 0.2) is 47.4 Å². The van der Waals surface area contributed by atoms with E-state index in [-0.39, 0.29) is 17.6 Å². The molecule has 6 heteroatoms. The van der Waals surface area contributed by atoms with Gasteiger partial charge in [-0.2, -0.15) is 0 Å². The molecule has 0 bridgehead atoms. The minimum Gasteiger partial charge on any atom is -0.480 e. The molecule has 5 nitrogen and oxygen atoms in total. The summed E-state index contributed by atoms with van der Waals surface area (Å²) >= 11 is 1.41. The van der Waals surface area contributed by atoms with Gasteiger partial charge in [-0.05, 0) is 35.7 Å². The van der Waals surface area contributed by atoms with Crippen molar-refractivity contribution in [2.24, 2.45) is 5.92 Å². The number of rotatable bonds is 6. The van der Waals surface area contributed by atoms with E-state index in [1.165, 1.54) is 11.8 Å². The Morgan fingerprint density at radius 2 is 2.04 bits per heavy atom. The first kappa shape index (κ1) is 17.8. The van der Waals surface area contributed by atoms with Crippen molar-refractivity contribution in [1.29, 1.82) is 0 Å². The van der Waals surface area contributed by atoms with Gasteiger partial charge in [-0.1, -0.05) is 30.3 Å². The molecule has 1 fully saturated rings. The molecule has 2 aromatic carbocycles. The summed E-state index contributed by atoms with van der Waals surface area (Å²) < 4.78 is 5.35. The molecular weight excluding hydrogens is 338 g/mol. The second-order valence-electron chi connectivity index (χ2n) is 6.16. The molecule has 1 aliphatic heterocycles. The van der Waals surface area contributed by atoms with Gasteiger partial charge in [0.15, 0.2) is 0 Å². The van der Waals surface area contributed by atoms with Crippen LogP contribution in [0.1, 0.15) is 12.8 Å². The first-order chi connectivity index (χ1) is 12.1. The van der Waals surface area contributed by atoms with E-state index >= 15 is 0 Å². The topological polar surface area (TPSA) is 75.6 Å². The number of hydrogen-bond acceptors (Lipinski definition) is 4. The molecule has 132 valence electrons. The van der Waals surface area contributed by atoms with Gasteiger partial charge in [0.25, 0.3) is 0 Å². The highest BCUT2D eigenvalue weighted by molar-refractivity contribution is 8.00. The molecule has 1 heterocycles. The monoisotopic (exact) mass is 359 g/mol. The Balaban J connectivity index is 1.57. The molecule has 0 aromatic heterocycles. The Morgan fingerprint density at radius 1 is 1.24 bits per heavy atom. The number of nitrogens with one attached hydrogen (secondary N) is 1. The second kappa shape index (κ2) is 8.36. The van der Waals surface area contributed by atoms with Crippen LogP contribution in [-0.2, 0) is 14.3 Å². The van der Waals surface area contributed by atoms with Crippen LogP contribution in [0.2, 0.25) is 0 Å². The fraction of sp³-hybridized carbons (Fsp3) is 0.368. The number of carboxylic acids is 1. The summed E-state index contributed by atoms with van der Waals surface area (Å²) in [5.41, 5.74) is 0. The van der Waals surface area contributed by atoms with Gasteiger partial charge in [0, 0.05) is 17.4 Å². The van der Waals surface area contributed by atoms with Gasteiger partial charge in [-0.15, -0.1) is 11.8 Å². The lowest BCUT2D eigenvalue weighted by atomic mass is 9.94. The van der Waals surface area contributed by atoms with Crippen LogP contribution in [0, 0.1) is 5.92 Å². The fourth-order valence-electron chi connectivity index (χ4n) is 3.03. The summed E-state index contributed by atoms with van der Waals surface area (Å²) in [6.07, 6.45) is 1.59. The van der Waals surface area contributed by atoms with Crippen molar-refractivity contribution >= 4 is 34.4 Å². The van der Waals surface area contributed by atoms with E-state index in [1.54, 1.807) is 0 Å². The Kier molecular flexibility index (Phi) is 5.94. The molecule has 25 heavy (non-hydrogen) atoms. The maximum atomic E-state index is 12.2. The van der Waals surface area contributed by atoms with Gasteiger partial charge >= 0.3 is 5.97 Å². The van der Waals surface area contributed by atoms with Crippen LogP contribution in [0.4, 0.5) is 0 Å². The quantitative estimate of drug-likeness (QED) is 0.776. The van der Waals surface area contributed by atoms with Gasteiger partial charge in [-0.25, -0.2) is 4.79 Å². The largest absolute Gasteiger partial charge is 0.480 e. The third kappa shape index (κ3) is 4.74. The molecule has 1 saturated heterocycles. The number of benzene rings is 2. The third-order valence-corrected chi connectivity index (χ3v) is 5.33. The second-order valence-corrected chi connectivity index (χ2v) is 7.21. The SMILES string of the molecule is O=C(CSc1ccc2ccccc2c1)NC(C(=O)O)C1CCCOC1. The molecule has 1 aliphatic rings. The summed E-state index contributed by atoms with van der Waals surface area (Å²) in [6.45, 7) is 1.05. The molecule has 3 rings (SSSR count). The lowest BCUT2D eigenvalue weighted by Gasteiger charge is -2.28. The number of carboxylic acid groups (broad SMARTS) is 1. The maximum Gasteiger partial charge on any atom is 0.326 e. The molecule has 0 spiro atoms. The Bertz CT molecular complexity index is 758. The van der Waals surface area contributed by atoms with Crippen molar-refractivity contribution in [2.75, 3.05) is 19.0 Å². The average Bonchev–Trinajstić information content (AvgIpc) is 2.64. The Morgan fingerprint density at radius 3 is 2.76 bits per heavy atom. The smallest absolute Gasteiger partial charge is 0.326 e. The number of carbonyl (C=O) groups is 2. The van der Waals surface area contributed by atoms with Crippen LogP contribution in [-0.4, -0.2) is 42.0 Å². The van der Waals surface area contributed by atoms with Gasteiger partial charge < -0.3 is 15.2 Å². The van der Waals surface area contributed by atoms with Crippen LogP contribution < -0.4 is 5.32 Å². The average molecular weight is 359 g/mol. The minimum absolute atomic E-state index is 0.166. The highest BCUT2D eigenvalue weighted by atomic mass is 32.2. The van der Waals surface area contributed by atoms with E-state index in [0.29, 0.717) is 13.2 Å². The van der Waals surface area contributed by atoms with Crippen LogP contribution in [0.5, 0.6) is 0 Å². The van der Waals surface area contributed by atoms with Gasteiger partial charge in [-0.3, -0.25) is 4.79 Å². The van der Waals surface area contributed by atoms with Crippen LogP contribution in [0.25, 0.3) is 10.8 Å². The number of hydrogen-bond donors (Lipinski definition) is 2. The summed E-state index contributed by atoms with van der Waals surface area (Å²) in [6, 6.07) is 13.2. The van der Waals surface area contributed by atoms with E-state index in [2.05, 4.69) is 5.32 Å². The molecule has 2 atom stereocenters. The van der Waals surface area contributed by atoms with Crippen molar-refractivity contribution in [1.82, 2.24) is 5.32 Å². The summed E-state index contributed by atoms with van der Waals surface area (Å²) in [4.78, 5) is 24.7. The molecule has 2 unspecified atom stereocenters.